The molecule has 6 nitrogen and oxygen atoms in total. The zero-order valence-corrected chi connectivity index (χ0v) is 13.1. The van der Waals surface area contributed by atoms with Gasteiger partial charge in [-0.3, -0.25) is 9.59 Å². The molecular formula is C17H19N3O3. The maximum atomic E-state index is 12.3. The lowest BCUT2D eigenvalue weighted by molar-refractivity contribution is -0.123. The first-order valence-corrected chi connectivity index (χ1v) is 7.45. The molecule has 1 heterocycles. The molecular weight excluding hydrogens is 294 g/mol. The summed E-state index contributed by atoms with van der Waals surface area (Å²) in [4.78, 5) is 24.4. The molecule has 0 saturated heterocycles. The number of nitrogens with one attached hydrogen (secondary N) is 2. The Labute approximate surface area is 134 Å². The number of para-hydroxylation sites is 1. The summed E-state index contributed by atoms with van der Waals surface area (Å²) in [6.45, 7) is 3.82. The first-order valence-electron chi connectivity index (χ1n) is 7.45. The molecule has 1 aromatic heterocycles. The molecule has 0 aliphatic rings. The van der Waals surface area contributed by atoms with Crippen LogP contribution in [0.25, 0.3) is 11.0 Å². The van der Waals surface area contributed by atoms with Crippen molar-refractivity contribution < 1.29 is 14.0 Å². The minimum Gasteiger partial charge on any atom is -0.451 e. The summed E-state index contributed by atoms with van der Waals surface area (Å²) in [5.74, 6) is -0.444. The predicted octanol–water partition coefficient (Wildman–Crippen LogP) is 2.22. The summed E-state index contributed by atoms with van der Waals surface area (Å²) >= 11 is 0. The minimum absolute atomic E-state index is 0.0893. The second-order valence-electron chi connectivity index (χ2n) is 5.68. The number of benzene rings is 1. The first kappa shape index (κ1) is 16.6. The molecule has 120 valence electrons. The van der Waals surface area contributed by atoms with Crippen molar-refractivity contribution >= 4 is 22.8 Å². The summed E-state index contributed by atoms with van der Waals surface area (Å²) in [6.07, 6.45) is 0.475. The summed E-state index contributed by atoms with van der Waals surface area (Å²) in [7, 11) is 0. The van der Waals surface area contributed by atoms with E-state index < -0.39 is 11.9 Å². The standard InChI is InChI=1S/C17H19N3O3/c1-11(2)9-13(16(21)19-8-7-18)20-17(22)15-10-12-5-3-4-6-14(12)23-15/h3-6,10-11,13H,8-9H2,1-2H3,(H,19,21)(H,20,22)/t13-/m0/s1. The average molecular weight is 313 g/mol. The van der Waals surface area contributed by atoms with Crippen LogP contribution in [0.5, 0.6) is 0 Å². The fraction of sp³-hybridized carbons (Fsp3) is 0.353. The van der Waals surface area contributed by atoms with E-state index in [1.807, 2.05) is 38.1 Å². The van der Waals surface area contributed by atoms with E-state index in [2.05, 4.69) is 10.6 Å². The zero-order chi connectivity index (χ0) is 16.8. The van der Waals surface area contributed by atoms with Crippen LogP contribution >= 0.6 is 0 Å². The quantitative estimate of drug-likeness (QED) is 0.799. The van der Waals surface area contributed by atoms with Gasteiger partial charge in [-0.2, -0.15) is 5.26 Å². The Hall–Kier alpha value is -2.81. The minimum atomic E-state index is -0.705. The van der Waals surface area contributed by atoms with Gasteiger partial charge in [0.2, 0.25) is 5.91 Å². The summed E-state index contributed by atoms with van der Waals surface area (Å²) < 4.78 is 5.50. The van der Waals surface area contributed by atoms with E-state index in [4.69, 9.17) is 9.68 Å². The fourth-order valence-corrected chi connectivity index (χ4v) is 2.28. The summed E-state index contributed by atoms with van der Waals surface area (Å²) in [5, 5.41) is 14.5. The largest absolute Gasteiger partial charge is 0.451 e. The Morgan fingerprint density at radius 3 is 2.70 bits per heavy atom. The maximum absolute atomic E-state index is 12.3. The van der Waals surface area contributed by atoms with Crippen molar-refractivity contribution in [1.29, 1.82) is 5.26 Å². The molecule has 0 spiro atoms. The number of hydrogen-bond acceptors (Lipinski definition) is 4. The van der Waals surface area contributed by atoms with Gasteiger partial charge in [0.25, 0.3) is 5.91 Å². The molecule has 0 aliphatic carbocycles. The third kappa shape index (κ3) is 4.33. The molecule has 2 amide bonds. The van der Waals surface area contributed by atoms with Crippen LogP contribution in [0.3, 0.4) is 0 Å². The van der Waals surface area contributed by atoms with Gasteiger partial charge in [0.15, 0.2) is 5.76 Å². The molecule has 0 unspecified atom stereocenters. The number of carbonyl (C=O) groups excluding carboxylic acids is 2. The van der Waals surface area contributed by atoms with Gasteiger partial charge in [0, 0.05) is 5.39 Å². The van der Waals surface area contributed by atoms with Crippen LogP contribution in [0.2, 0.25) is 0 Å². The van der Waals surface area contributed by atoms with Crippen molar-refractivity contribution in [3.63, 3.8) is 0 Å². The average Bonchev–Trinajstić information content (AvgIpc) is 2.95. The third-order valence-corrected chi connectivity index (χ3v) is 3.32. The third-order valence-electron chi connectivity index (χ3n) is 3.32. The van der Waals surface area contributed by atoms with Crippen LogP contribution in [0, 0.1) is 17.2 Å². The maximum Gasteiger partial charge on any atom is 0.287 e. The fourth-order valence-electron chi connectivity index (χ4n) is 2.28. The number of rotatable bonds is 6. The van der Waals surface area contributed by atoms with Crippen molar-refractivity contribution in [2.75, 3.05) is 6.54 Å². The van der Waals surface area contributed by atoms with Crippen LogP contribution in [0.4, 0.5) is 0 Å². The lowest BCUT2D eigenvalue weighted by Crippen LogP contribution is -2.47. The number of carbonyl (C=O) groups is 2. The van der Waals surface area contributed by atoms with Gasteiger partial charge in [-0.15, -0.1) is 0 Å². The molecule has 0 aliphatic heterocycles. The second-order valence-corrected chi connectivity index (χ2v) is 5.68. The molecule has 0 radical (unpaired) electrons. The molecule has 23 heavy (non-hydrogen) atoms. The van der Waals surface area contributed by atoms with E-state index >= 15 is 0 Å². The van der Waals surface area contributed by atoms with E-state index in [1.54, 1.807) is 12.1 Å². The van der Waals surface area contributed by atoms with Crippen molar-refractivity contribution in [3.05, 3.63) is 36.1 Å². The Kier molecular flexibility index (Phi) is 5.36. The van der Waals surface area contributed by atoms with E-state index in [0.717, 1.165) is 5.39 Å². The molecule has 2 aromatic rings. The Bertz CT molecular complexity index is 710. The highest BCUT2D eigenvalue weighted by molar-refractivity contribution is 5.98. The summed E-state index contributed by atoms with van der Waals surface area (Å²) in [5.41, 5.74) is 0.618. The smallest absolute Gasteiger partial charge is 0.287 e. The van der Waals surface area contributed by atoms with Crippen molar-refractivity contribution in [3.8, 4) is 6.07 Å². The second kappa shape index (κ2) is 7.45. The number of nitrogens with zero attached hydrogens (tertiary/aromatic N) is 1. The van der Waals surface area contributed by atoms with Gasteiger partial charge in [-0.1, -0.05) is 32.0 Å². The van der Waals surface area contributed by atoms with E-state index in [9.17, 15) is 9.59 Å². The molecule has 1 aromatic carbocycles. The van der Waals surface area contributed by atoms with Crippen LogP contribution < -0.4 is 10.6 Å². The van der Waals surface area contributed by atoms with Gasteiger partial charge >= 0.3 is 0 Å². The van der Waals surface area contributed by atoms with Crippen LogP contribution in [-0.4, -0.2) is 24.4 Å². The first-order chi connectivity index (χ1) is 11.0. The number of fused-ring (bicyclic) bond motifs is 1. The Morgan fingerprint density at radius 1 is 1.30 bits per heavy atom. The number of nitriles is 1. The highest BCUT2D eigenvalue weighted by Gasteiger charge is 2.23. The van der Waals surface area contributed by atoms with Gasteiger partial charge in [0.1, 0.15) is 18.2 Å². The molecule has 0 bridgehead atoms. The van der Waals surface area contributed by atoms with Gasteiger partial charge in [-0.05, 0) is 24.5 Å². The van der Waals surface area contributed by atoms with E-state index in [0.29, 0.717) is 12.0 Å². The van der Waals surface area contributed by atoms with Crippen molar-refractivity contribution in [2.24, 2.45) is 5.92 Å². The number of furan rings is 1. The summed E-state index contributed by atoms with van der Waals surface area (Å²) in [6, 6.07) is 10.1. The van der Waals surface area contributed by atoms with Crippen molar-refractivity contribution in [2.45, 2.75) is 26.3 Å². The zero-order valence-electron chi connectivity index (χ0n) is 13.1. The molecule has 2 rings (SSSR count). The van der Waals surface area contributed by atoms with Crippen LogP contribution in [-0.2, 0) is 4.79 Å². The SMILES string of the molecule is CC(C)C[C@H](NC(=O)c1cc2ccccc2o1)C(=O)NCC#N. The normalized spacial score (nSPS) is 11.9. The van der Waals surface area contributed by atoms with E-state index in [1.165, 1.54) is 0 Å². The van der Waals surface area contributed by atoms with E-state index in [-0.39, 0.29) is 24.1 Å². The molecule has 0 fully saturated rings. The highest BCUT2D eigenvalue weighted by Crippen LogP contribution is 2.19. The van der Waals surface area contributed by atoms with Gasteiger partial charge in [-0.25, -0.2) is 0 Å². The number of hydrogen-bond donors (Lipinski definition) is 2. The Morgan fingerprint density at radius 2 is 2.04 bits per heavy atom. The lowest BCUT2D eigenvalue weighted by atomic mass is 10.0. The number of amides is 2. The van der Waals surface area contributed by atoms with Gasteiger partial charge in [0.05, 0.1) is 6.07 Å². The van der Waals surface area contributed by atoms with Crippen LogP contribution in [0.15, 0.2) is 34.7 Å². The van der Waals surface area contributed by atoms with Gasteiger partial charge < -0.3 is 15.1 Å². The molecule has 0 saturated carbocycles. The predicted molar refractivity (Wildman–Crippen MR) is 85.5 cm³/mol. The van der Waals surface area contributed by atoms with Crippen LogP contribution in [0.1, 0.15) is 30.8 Å². The highest BCUT2D eigenvalue weighted by atomic mass is 16.3. The lowest BCUT2D eigenvalue weighted by Gasteiger charge is -2.18. The Balaban J connectivity index is 2.12. The molecule has 6 heteroatoms. The topological polar surface area (TPSA) is 95.1 Å². The molecule has 2 N–H and O–H groups in total. The van der Waals surface area contributed by atoms with Crippen molar-refractivity contribution in [1.82, 2.24) is 10.6 Å². The molecule has 1 atom stereocenters. The monoisotopic (exact) mass is 313 g/mol.